The van der Waals surface area contributed by atoms with Crippen LogP contribution in [0.25, 0.3) is 0 Å². The van der Waals surface area contributed by atoms with E-state index < -0.39 is 0 Å². The zero-order valence-corrected chi connectivity index (χ0v) is 13.7. The van der Waals surface area contributed by atoms with Crippen LogP contribution in [0.3, 0.4) is 0 Å². The number of amides is 1. The summed E-state index contributed by atoms with van der Waals surface area (Å²) in [5.74, 6) is 1.28. The molecule has 0 heterocycles. The fraction of sp³-hybridized carbons (Fsp3) is 0.211. The molecule has 0 radical (unpaired) electrons. The summed E-state index contributed by atoms with van der Waals surface area (Å²) < 4.78 is 10.9. The first-order valence-electron chi connectivity index (χ1n) is 7.82. The molecule has 0 aliphatic heterocycles. The van der Waals surface area contributed by atoms with E-state index in [9.17, 15) is 4.79 Å². The predicted octanol–water partition coefficient (Wildman–Crippen LogP) is 3.70. The summed E-state index contributed by atoms with van der Waals surface area (Å²) in [4.78, 5) is 12.1. The Morgan fingerprint density at radius 3 is 2.58 bits per heavy atom. The molecule has 2 N–H and O–H groups in total. The molecule has 0 aromatic heterocycles. The van der Waals surface area contributed by atoms with Crippen LogP contribution < -0.4 is 20.1 Å². The van der Waals surface area contributed by atoms with Gasteiger partial charge in [-0.15, -0.1) is 0 Å². The lowest BCUT2D eigenvalue weighted by atomic mass is 10.3. The minimum absolute atomic E-state index is 0.144. The molecule has 0 aliphatic rings. The van der Waals surface area contributed by atoms with Gasteiger partial charge >= 0.3 is 0 Å². The molecule has 5 nitrogen and oxygen atoms in total. The molecule has 2 rings (SSSR count). The number of benzene rings is 2. The number of anilines is 2. The fourth-order valence-electron chi connectivity index (χ4n) is 2.05. The van der Waals surface area contributed by atoms with Crippen molar-refractivity contribution in [3.05, 3.63) is 61.2 Å². The number of carbonyl (C=O) groups excluding carboxylic acids is 1. The van der Waals surface area contributed by atoms with Crippen LogP contribution in [0.5, 0.6) is 11.5 Å². The molecular weight excluding hydrogens is 304 g/mol. The third-order valence-corrected chi connectivity index (χ3v) is 3.14. The number of hydrogen-bond donors (Lipinski definition) is 2. The quantitative estimate of drug-likeness (QED) is 0.690. The molecule has 5 heteroatoms. The second kappa shape index (κ2) is 9.25. The van der Waals surface area contributed by atoms with Crippen molar-refractivity contribution in [2.45, 2.75) is 6.92 Å². The highest BCUT2D eigenvalue weighted by molar-refractivity contribution is 5.95. The summed E-state index contributed by atoms with van der Waals surface area (Å²) in [5, 5.41) is 5.91. The van der Waals surface area contributed by atoms with Crippen LogP contribution in [0, 0.1) is 0 Å². The first kappa shape index (κ1) is 17.4. The average molecular weight is 326 g/mol. The maximum atomic E-state index is 12.1. The largest absolute Gasteiger partial charge is 0.492 e. The average Bonchev–Trinajstić information content (AvgIpc) is 2.61. The van der Waals surface area contributed by atoms with Crippen molar-refractivity contribution in [1.29, 1.82) is 0 Å². The lowest BCUT2D eigenvalue weighted by Gasteiger charge is -2.12. The fourth-order valence-corrected chi connectivity index (χ4v) is 2.05. The van der Waals surface area contributed by atoms with Gasteiger partial charge in [0.1, 0.15) is 18.1 Å². The molecule has 0 fully saturated rings. The Hall–Kier alpha value is -2.95. The normalized spacial score (nSPS) is 9.88. The minimum atomic E-state index is -0.144. The zero-order chi connectivity index (χ0) is 17.2. The van der Waals surface area contributed by atoms with E-state index in [1.54, 1.807) is 6.08 Å². The van der Waals surface area contributed by atoms with E-state index in [1.165, 1.54) is 0 Å². The van der Waals surface area contributed by atoms with Gasteiger partial charge in [-0.05, 0) is 43.3 Å². The maximum absolute atomic E-state index is 12.1. The number of ether oxygens (including phenoxy) is 2. The van der Waals surface area contributed by atoms with Gasteiger partial charge in [-0.25, -0.2) is 0 Å². The molecule has 2 aromatic rings. The Bertz CT molecular complexity index is 669. The molecule has 1 amide bonds. The van der Waals surface area contributed by atoms with Gasteiger partial charge in [0.05, 0.1) is 18.8 Å². The van der Waals surface area contributed by atoms with E-state index in [4.69, 9.17) is 9.47 Å². The van der Waals surface area contributed by atoms with Crippen LogP contribution in [0.2, 0.25) is 0 Å². The van der Waals surface area contributed by atoms with Crippen LogP contribution in [-0.4, -0.2) is 25.7 Å². The molecule has 0 unspecified atom stereocenters. The summed E-state index contributed by atoms with van der Waals surface area (Å²) in [6, 6.07) is 14.8. The lowest BCUT2D eigenvalue weighted by Crippen LogP contribution is -2.22. The van der Waals surface area contributed by atoms with Gasteiger partial charge in [-0.1, -0.05) is 24.8 Å². The number of nitrogens with one attached hydrogen (secondary N) is 2. The Kier molecular flexibility index (Phi) is 6.71. The Balaban J connectivity index is 1.86. The standard InChI is InChI=1S/C19H22N2O3/c1-3-13-24-16-11-9-15(10-12-16)20-14-19(22)21-17-7-5-6-8-18(17)23-4-2/h3,5-12,20H,1,4,13-14H2,2H3,(H,21,22). The van der Waals surface area contributed by atoms with Gasteiger partial charge in [0.15, 0.2) is 0 Å². The zero-order valence-electron chi connectivity index (χ0n) is 13.7. The molecule has 2 aromatic carbocycles. The van der Waals surface area contributed by atoms with Gasteiger partial charge in [0.2, 0.25) is 5.91 Å². The highest BCUT2D eigenvalue weighted by atomic mass is 16.5. The van der Waals surface area contributed by atoms with Crippen LogP contribution in [0.1, 0.15) is 6.92 Å². The highest BCUT2D eigenvalue weighted by Crippen LogP contribution is 2.23. The third-order valence-electron chi connectivity index (χ3n) is 3.14. The number of para-hydroxylation sites is 2. The smallest absolute Gasteiger partial charge is 0.243 e. The molecule has 0 spiro atoms. The summed E-state index contributed by atoms with van der Waals surface area (Å²) in [5.41, 5.74) is 1.51. The lowest BCUT2D eigenvalue weighted by molar-refractivity contribution is -0.114. The number of hydrogen-bond acceptors (Lipinski definition) is 4. The van der Waals surface area contributed by atoms with Crippen molar-refractivity contribution < 1.29 is 14.3 Å². The highest BCUT2D eigenvalue weighted by Gasteiger charge is 2.07. The molecule has 0 atom stereocenters. The predicted molar refractivity (Wildman–Crippen MR) is 96.9 cm³/mol. The van der Waals surface area contributed by atoms with E-state index in [0.29, 0.717) is 24.7 Å². The Morgan fingerprint density at radius 1 is 1.12 bits per heavy atom. The third kappa shape index (κ3) is 5.35. The van der Waals surface area contributed by atoms with Gasteiger partial charge in [-0.2, -0.15) is 0 Å². The molecule has 0 aliphatic carbocycles. The maximum Gasteiger partial charge on any atom is 0.243 e. The molecular formula is C19H22N2O3. The molecule has 0 bridgehead atoms. The topological polar surface area (TPSA) is 59.6 Å². The number of rotatable bonds is 9. The van der Waals surface area contributed by atoms with Gasteiger partial charge in [0, 0.05) is 5.69 Å². The Morgan fingerprint density at radius 2 is 1.88 bits per heavy atom. The van der Waals surface area contributed by atoms with Crippen LogP contribution in [0.15, 0.2) is 61.2 Å². The van der Waals surface area contributed by atoms with Crippen molar-refractivity contribution in [1.82, 2.24) is 0 Å². The van der Waals surface area contributed by atoms with E-state index in [-0.39, 0.29) is 12.5 Å². The summed E-state index contributed by atoms with van der Waals surface area (Å²) >= 11 is 0. The summed E-state index contributed by atoms with van der Waals surface area (Å²) in [7, 11) is 0. The molecule has 0 saturated heterocycles. The van der Waals surface area contributed by atoms with Crippen LogP contribution in [0.4, 0.5) is 11.4 Å². The van der Waals surface area contributed by atoms with Crippen LogP contribution in [-0.2, 0) is 4.79 Å². The van der Waals surface area contributed by atoms with Gasteiger partial charge in [0.25, 0.3) is 0 Å². The minimum Gasteiger partial charge on any atom is -0.492 e. The SMILES string of the molecule is C=CCOc1ccc(NCC(=O)Nc2ccccc2OCC)cc1. The second-order valence-electron chi connectivity index (χ2n) is 4.95. The molecule has 0 saturated carbocycles. The van der Waals surface area contributed by atoms with E-state index in [1.807, 2.05) is 55.5 Å². The summed E-state index contributed by atoms with van der Waals surface area (Å²) in [6.45, 7) is 6.68. The van der Waals surface area contributed by atoms with Gasteiger partial charge < -0.3 is 20.1 Å². The Labute approximate surface area is 142 Å². The van der Waals surface area contributed by atoms with Crippen molar-refractivity contribution in [3.8, 4) is 11.5 Å². The summed E-state index contributed by atoms with van der Waals surface area (Å²) in [6.07, 6.45) is 1.69. The van der Waals surface area contributed by atoms with Gasteiger partial charge in [-0.3, -0.25) is 4.79 Å². The first-order chi connectivity index (χ1) is 11.7. The van der Waals surface area contributed by atoms with E-state index in [2.05, 4.69) is 17.2 Å². The number of carbonyl (C=O) groups is 1. The monoisotopic (exact) mass is 326 g/mol. The second-order valence-corrected chi connectivity index (χ2v) is 4.95. The first-order valence-corrected chi connectivity index (χ1v) is 7.82. The van der Waals surface area contributed by atoms with Crippen molar-refractivity contribution >= 4 is 17.3 Å². The van der Waals surface area contributed by atoms with Crippen molar-refractivity contribution in [2.24, 2.45) is 0 Å². The molecule has 24 heavy (non-hydrogen) atoms. The van der Waals surface area contributed by atoms with Crippen molar-refractivity contribution in [2.75, 3.05) is 30.4 Å². The van der Waals surface area contributed by atoms with E-state index >= 15 is 0 Å². The molecule has 126 valence electrons. The van der Waals surface area contributed by atoms with Crippen LogP contribution >= 0.6 is 0 Å². The van der Waals surface area contributed by atoms with E-state index in [0.717, 1.165) is 11.4 Å². The van der Waals surface area contributed by atoms with Crippen molar-refractivity contribution in [3.63, 3.8) is 0 Å².